The summed E-state index contributed by atoms with van der Waals surface area (Å²) in [6.07, 6.45) is 4.70. The van der Waals surface area contributed by atoms with Crippen LogP contribution in [0, 0.1) is 41.9 Å². The molecule has 0 aromatic carbocycles. The lowest BCUT2D eigenvalue weighted by Crippen LogP contribution is -2.61. The molecule has 29 heavy (non-hydrogen) atoms. The molecule has 7 heteroatoms. The third kappa shape index (κ3) is 3.05. The Hall–Kier alpha value is -2.33. The van der Waals surface area contributed by atoms with Crippen molar-refractivity contribution in [3.05, 3.63) is 23.4 Å². The van der Waals surface area contributed by atoms with Gasteiger partial charge in [-0.3, -0.25) is 0 Å². The fourth-order valence-electron chi connectivity index (χ4n) is 7.20. The fraction of sp³-hybridized carbons (Fsp3) is 0.682. The molecule has 5 aliphatic rings. The van der Waals surface area contributed by atoms with Gasteiger partial charge in [0.15, 0.2) is 0 Å². The van der Waals surface area contributed by atoms with Crippen LogP contribution >= 0.6 is 0 Å². The molecule has 7 atom stereocenters. The third-order valence-corrected chi connectivity index (χ3v) is 7.95. The van der Waals surface area contributed by atoms with Crippen LogP contribution in [0.1, 0.15) is 49.8 Å². The van der Waals surface area contributed by atoms with E-state index in [2.05, 4.69) is 16.4 Å². The molecule has 1 aromatic heterocycles. The van der Waals surface area contributed by atoms with Gasteiger partial charge in [-0.15, -0.1) is 0 Å². The SMILES string of the molecule is Cc1nc(NC2CCN(C(=O)O)[C@@H]2C2C3CC4C[C@H]2C[C@@](O)(C4)C3)ccc1C#N. The van der Waals surface area contributed by atoms with Crippen molar-refractivity contribution in [2.45, 2.75) is 63.1 Å². The first-order chi connectivity index (χ1) is 13.9. The molecule has 4 saturated carbocycles. The Morgan fingerprint density at radius 1 is 1.31 bits per heavy atom. The number of carboxylic acid groups (broad SMARTS) is 1. The van der Waals surface area contributed by atoms with Crippen LogP contribution < -0.4 is 5.32 Å². The fourth-order valence-corrected chi connectivity index (χ4v) is 7.20. The summed E-state index contributed by atoms with van der Waals surface area (Å²) < 4.78 is 0. The maximum absolute atomic E-state index is 12.0. The van der Waals surface area contributed by atoms with Crippen molar-refractivity contribution < 1.29 is 15.0 Å². The minimum atomic E-state index is -0.851. The molecular weight excluding hydrogens is 368 g/mol. The summed E-state index contributed by atoms with van der Waals surface area (Å²) in [5.41, 5.74) is 0.716. The standard InChI is InChI=1S/C22H28N4O3/c1-12-14(11-23)2-3-18(24-12)25-17-4-5-26(21(27)28)20(17)19-15-6-13-7-16(19)10-22(29,8-13)9-15/h2-3,13,15-17,19-20,29H,4-10H2,1H3,(H,24,25)(H,27,28)/t13?,15-,16?,17?,19?,20-,22-/m0/s1. The van der Waals surface area contributed by atoms with E-state index in [4.69, 9.17) is 5.26 Å². The van der Waals surface area contributed by atoms with Gasteiger partial charge in [0.05, 0.1) is 28.9 Å². The number of amides is 1. The number of rotatable bonds is 3. The monoisotopic (exact) mass is 396 g/mol. The van der Waals surface area contributed by atoms with Crippen molar-refractivity contribution in [3.63, 3.8) is 0 Å². The third-order valence-electron chi connectivity index (χ3n) is 7.95. The van der Waals surface area contributed by atoms with Crippen LogP contribution in [0.15, 0.2) is 12.1 Å². The highest BCUT2D eigenvalue weighted by molar-refractivity contribution is 5.66. The number of nitriles is 1. The molecule has 6 rings (SSSR count). The van der Waals surface area contributed by atoms with Gasteiger partial charge in [-0.05, 0) is 81.3 Å². The summed E-state index contributed by atoms with van der Waals surface area (Å²) in [4.78, 5) is 18.2. The second-order valence-electron chi connectivity index (χ2n) is 9.72. The van der Waals surface area contributed by atoms with Gasteiger partial charge in [0.25, 0.3) is 0 Å². The van der Waals surface area contributed by atoms with E-state index in [-0.39, 0.29) is 12.1 Å². The van der Waals surface area contributed by atoms with Gasteiger partial charge in [-0.1, -0.05) is 0 Å². The van der Waals surface area contributed by atoms with E-state index in [1.807, 2.05) is 13.0 Å². The molecule has 7 nitrogen and oxygen atoms in total. The highest BCUT2D eigenvalue weighted by Gasteiger charge is 2.59. The van der Waals surface area contributed by atoms with E-state index in [1.54, 1.807) is 11.0 Å². The molecule has 1 amide bonds. The number of anilines is 1. The number of hydrogen-bond donors (Lipinski definition) is 3. The first kappa shape index (κ1) is 18.7. The van der Waals surface area contributed by atoms with Gasteiger partial charge >= 0.3 is 6.09 Å². The molecule has 154 valence electrons. The van der Waals surface area contributed by atoms with Crippen LogP contribution in [0.3, 0.4) is 0 Å². The van der Waals surface area contributed by atoms with Crippen LogP contribution in [-0.2, 0) is 0 Å². The molecule has 4 bridgehead atoms. The second kappa shape index (κ2) is 6.60. The number of hydrogen-bond acceptors (Lipinski definition) is 5. The molecule has 3 N–H and O–H groups in total. The lowest BCUT2D eigenvalue weighted by molar-refractivity contribution is -0.162. The van der Waals surface area contributed by atoms with E-state index in [0.717, 1.165) is 38.5 Å². The lowest BCUT2D eigenvalue weighted by atomic mass is 9.48. The first-order valence-electron chi connectivity index (χ1n) is 10.7. The molecule has 2 heterocycles. The predicted molar refractivity (Wildman–Crippen MR) is 106 cm³/mol. The summed E-state index contributed by atoms with van der Waals surface area (Å²) >= 11 is 0. The van der Waals surface area contributed by atoms with Crippen LogP contribution in [0.25, 0.3) is 0 Å². The molecule has 5 fully saturated rings. The topological polar surface area (TPSA) is 109 Å². The number of likely N-dealkylation sites (tertiary alicyclic amines) is 1. The van der Waals surface area contributed by atoms with Crippen molar-refractivity contribution in [1.82, 2.24) is 9.88 Å². The second-order valence-corrected chi connectivity index (χ2v) is 9.72. The van der Waals surface area contributed by atoms with Crippen molar-refractivity contribution in [1.29, 1.82) is 5.26 Å². The van der Waals surface area contributed by atoms with Crippen molar-refractivity contribution in [2.24, 2.45) is 23.7 Å². The summed E-state index contributed by atoms with van der Waals surface area (Å²) in [7, 11) is 0. The van der Waals surface area contributed by atoms with E-state index in [1.165, 1.54) is 0 Å². The number of aryl methyl sites for hydroxylation is 1. The molecule has 0 radical (unpaired) electrons. The minimum Gasteiger partial charge on any atom is -0.465 e. The minimum absolute atomic E-state index is 0.00288. The van der Waals surface area contributed by atoms with Gasteiger partial charge in [-0.2, -0.15) is 5.26 Å². The molecule has 0 spiro atoms. The van der Waals surface area contributed by atoms with Crippen LogP contribution in [0.5, 0.6) is 0 Å². The predicted octanol–water partition coefficient (Wildman–Crippen LogP) is 2.98. The highest BCUT2D eigenvalue weighted by atomic mass is 16.4. The molecule has 1 aliphatic heterocycles. The van der Waals surface area contributed by atoms with Crippen LogP contribution in [0.4, 0.5) is 10.6 Å². The number of nitrogens with one attached hydrogen (secondary N) is 1. The van der Waals surface area contributed by atoms with Gasteiger partial charge in [0, 0.05) is 6.54 Å². The number of carbonyl (C=O) groups is 1. The quantitative estimate of drug-likeness (QED) is 0.725. The molecular formula is C22H28N4O3. The zero-order chi connectivity index (χ0) is 20.3. The number of aliphatic hydroxyl groups is 1. The first-order valence-corrected chi connectivity index (χ1v) is 10.7. The molecule has 4 aliphatic carbocycles. The van der Waals surface area contributed by atoms with Gasteiger partial charge in [0.1, 0.15) is 11.9 Å². The zero-order valence-corrected chi connectivity index (χ0v) is 16.7. The lowest BCUT2D eigenvalue weighted by Gasteiger charge is -2.60. The molecule has 4 unspecified atom stereocenters. The highest BCUT2D eigenvalue weighted by Crippen LogP contribution is 2.60. The zero-order valence-electron chi connectivity index (χ0n) is 16.7. The Balaban J connectivity index is 1.43. The Bertz CT molecular complexity index is 865. The van der Waals surface area contributed by atoms with E-state index in [9.17, 15) is 15.0 Å². The molecule has 1 saturated heterocycles. The number of pyridine rings is 1. The van der Waals surface area contributed by atoms with Crippen molar-refractivity contribution in [3.8, 4) is 6.07 Å². The van der Waals surface area contributed by atoms with Gasteiger partial charge in [0.2, 0.25) is 0 Å². The average Bonchev–Trinajstić information content (AvgIpc) is 3.04. The van der Waals surface area contributed by atoms with Crippen molar-refractivity contribution >= 4 is 11.9 Å². The maximum atomic E-state index is 12.0. The van der Waals surface area contributed by atoms with E-state index >= 15 is 0 Å². The number of nitrogens with zero attached hydrogens (tertiary/aromatic N) is 3. The summed E-state index contributed by atoms with van der Waals surface area (Å²) in [5, 5.41) is 33.5. The Morgan fingerprint density at radius 2 is 2.03 bits per heavy atom. The largest absolute Gasteiger partial charge is 0.465 e. The smallest absolute Gasteiger partial charge is 0.407 e. The summed E-state index contributed by atoms with van der Waals surface area (Å²) in [6, 6.07) is 5.62. The summed E-state index contributed by atoms with van der Waals surface area (Å²) in [6.45, 7) is 2.34. The van der Waals surface area contributed by atoms with Crippen molar-refractivity contribution in [2.75, 3.05) is 11.9 Å². The Labute approximate surface area is 170 Å². The molecule has 1 aromatic rings. The van der Waals surface area contributed by atoms with E-state index in [0.29, 0.717) is 47.3 Å². The maximum Gasteiger partial charge on any atom is 0.407 e. The van der Waals surface area contributed by atoms with Gasteiger partial charge in [-0.25, -0.2) is 9.78 Å². The van der Waals surface area contributed by atoms with Crippen LogP contribution in [-0.4, -0.2) is 50.4 Å². The summed E-state index contributed by atoms with van der Waals surface area (Å²) in [5.74, 6) is 2.39. The normalized spacial score (nSPS) is 40.1. The van der Waals surface area contributed by atoms with Crippen LogP contribution in [0.2, 0.25) is 0 Å². The Morgan fingerprint density at radius 3 is 2.62 bits per heavy atom. The van der Waals surface area contributed by atoms with E-state index < -0.39 is 11.7 Å². The van der Waals surface area contributed by atoms with Gasteiger partial charge < -0.3 is 20.4 Å². The Kier molecular flexibility index (Phi) is 4.25. The average molecular weight is 396 g/mol. The number of aromatic nitrogens is 1.